The van der Waals surface area contributed by atoms with Crippen LogP contribution in [0.2, 0.25) is 0 Å². The van der Waals surface area contributed by atoms with Gasteiger partial charge in [-0.25, -0.2) is 18.4 Å². The Balaban J connectivity index is 1.39. The van der Waals surface area contributed by atoms with Gasteiger partial charge in [0.15, 0.2) is 15.7 Å². The number of nitrogens with zero attached hydrogens (tertiary/aromatic N) is 5. The molecule has 7 nitrogen and oxygen atoms in total. The van der Waals surface area contributed by atoms with Gasteiger partial charge in [-0.2, -0.15) is 0 Å². The molecule has 8 heteroatoms. The number of sulfone groups is 1. The van der Waals surface area contributed by atoms with Gasteiger partial charge in [0, 0.05) is 62.7 Å². The van der Waals surface area contributed by atoms with Crippen LogP contribution in [0.25, 0.3) is 11.4 Å². The summed E-state index contributed by atoms with van der Waals surface area (Å²) in [5, 5.41) is 0. The fraction of sp³-hybridized carbons (Fsp3) is 0.375. The van der Waals surface area contributed by atoms with Crippen molar-refractivity contribution >= 4 is 15.7 Å². The van der Waals surface area contributed by atoms with Gasteiger partial charge >= 0.3 is 0 Å². The summed E-state index contributed by atoms with van der Waals surface area (Å²) in [6, 6.07) is 12.6. The Hall–Kier alpha value is -2.84. The van der Waals surface area contributed by atoms with Crippen molar-refractivity contribution in [1.82, 2.24) is 19.9 Å². The van der Waals surface area contributed by atoms with Gasteiger partial charge in [-0.1, -0.05) is 18.2 Å². The molecule has 0 unspecified atom stereocenters. The molecule has 1 saturated heterocycles. The smallest absolute Gasteiger partial charge is 0.179 e. The minimum atomic E-state index is -3.29. The molecule has 4 heterocycles. The SMILES string of the molecule is O=S(=O)(CCN1CCc2nc(-c3ccncc3)nc(N3CCCC3)c2C1)c1ccccc1. The predicted octanol–water partition coefficient (Wildman–Crippen LogP) is 2.97. The van der Waals surface area contributed by atoms with Crippen molar-refractivity contribution in [3.8, 4) is 11.4 Å². The van der Waals surface area contributed by atoms with Crippen LogP contribution in [0.3, 0.4) is 0 Å². The van der Waals surface area contributed by atoms with Crippen LogP contribution in [0.5, 0.6) is 0 Å². The van der Waals surface area contributed by atoms with Crippen LogP contribution in [0.1, 0.15) is 24.1 Å². The van der Waals surface area contributed by atoms with Crippen LogP contribution in [0.15, 0.2) is 59.8 Å². The lowest BCUT2D eigenvalue weighted by Gasteiger charge is -2.31. The number of rotatable bonds is 6. The highest BCUT2D eigenvalue weighted by Gasteiger charge is 2.27. The van der Waals surface area contributed by atoms with Gasteiger partial charge in [-0.05, 0) is 37.1 Å². The molecule has 0 amide bonds. The second-order valence-electron chi connectivity index (χ2n) is 8.38. The lowest BCUT2D eigenvalue weighted by molar-refractivity contribution is 0.266. The van der Waals surface area contributed by atoms with E-state index in [0.29, 0.717) is 18.0 Å². The van der Waals surface area contributed by atoms with E-state index in [2.05, 4.69) is 14.8 Å². The highest BCUT2D eigenvalue weighted by Crippen LogP contribution is 2.31. The summed E-state index contributed by atoms with van der Waals surface area (Å²) in [6.07, 6.45) is 6.66. The molecule has 0 aliphatic carbocycles. The molecule has 0 bridgehead atoms. The molecule has 2 aromatic heterocycles. The number of fused-ring (bicyclic) bond motifs is 1. The first-order valence-corrected chi connectivity index (χ1v) is 12.8. The average Bonchev–Trinajstić information content (AvgIpc) is 3.38. The standard InChI is InChI=1S/C24H27N5O2S/c30-32(31,20-6-2-1-3-7-20)17-16-28-15-10-22-21(18-28)24(29-13-4-5-14-29)27-23(26-22)19-8-11-25-12-9-19/h1-3,6-9,11-12H,4-5,10,13-18H2. The molecule has 1 aromatic carbocycles. The van der Waals surface area contributed by atoms with Crippen LogP contribution in [0.4, 0.5) is 5.82 Å². The molecule has 32 heavy (non-hydrogen) atoms. The first-order chi connectivity index (χ1) is 15.6. The third-order valence-corrected chi connectivity index (χ3v) is 7.95. The highest BCUT2D eigenvalue weighted by molar-refractivity contribution is 7.91. The predicted molar refractivity (Wildman–Crippen MR) is 124 cm³/mol. The zero-order chi connectivity index (χ0) is 22.0. The molecule has 2 aliphatic heterocycles. The molecule has 5 rings (SSSR count). The first-order valence-electron chi connectivity index (χ1n) is 11.2. The molecule has 166 valence electrons. The van der Waals surface area contributed by atoms with E-state index < -0.39 is 9.84 Å². The van der Waals surface area contributed by atoms with Gasteiger partial charge < -0.3 is 4.90 Å². The summed E-state index contributed by atoms with van der Waals surface area (Å²) in [4.78, 5) is 18.9. The maximum absolute atomic E-state index is 12.7. The Bertz CT molecular complexity index is 1180. The van der Waals surface area contributed by atoms with Crippen LogP contribution in [-0.2, 0) is 22.8 Å². The minimum Gasteiger partial charge on any atom is -0.356 e. The Morgan fingerprint density at radius 1 is 0.906 bits per heavy atom. The number of anilines is 1. The molecule has 3 aromatic rings. The number of pyridine rings is 1. The monoisotopic (exact) mass is 449 g/mol. The second kappa shape index (κ2) is 8.96. The van der Waals surface area contributed by atoms with Crippen molar-refractivity contribution in [2.75, 3.05) is 36.8 Å². The molecule has 0 atom stereocenters. The molecule has 0 N–H and O–H groups in total. The van der Waals surface area contributed by atoms with E-state index >= 15 is 0 Å². The topological polar surface area (TPSA) is 79.3 Å². The summed E-state index contributed by atoms with van der Waals surface area (Å²) in [5.41, 5.74) is 3.20. The maximum atomic E-state index is 12.7. The van der Waals surface area contributed by atoms with Crippen molar-refractivity contribution < 1.29 is 8.42 Å². The van der Waals surface area contributed by atoms with Gasteiger partial charge in [-0.15, -0.1) is 0 Å². The van der Waals surface area contributed by atoms with E-state index in [1.807, 2.05) is 18.2 Å². The van der Waals surface area contributed by atoms with Crippen LogP contribution in [-0.4, -0.2) is 60.2 Å². The fourth-order valence-corrected chi connectivity index (χ4v) is 5.77. The van der Waals surface area contributed by atoms with E-state index in [4.69, 9.17) is 9.97 Å². The quantitative estimate of drug-likeness (QED) is 0.572. The van der Waals surface area contributed by atoms with Gasteiger partial charge in [0.25, 0.3) is 0 Å². The van der Waals surface area contributed by atoms with Crippen molar-refractivity contribution in [2.24, 2.45) is 0 Å². The Kier molecular flexibility index (Phi) is 5.89. The van der Waals surface area contributed by atoms with Crippen molar-refractivity contribution in [3.05, 3.63) is 66.1 Å². The zero-order valence-electron chi connectivity index (χ0n) is 18.0. The van der Waals surface area contributed by atoms with Gasteiger partial charge in [0.05, 0.1) is 16.3 Å². The molecular weight excluding hydrogens is 422 g/mol. The molecule has 0 radical (unpaired) electrons. The summed E-state index contributed by atoms with van der Waals surface area (Å²) in [5.74, 6) is 1.87. The van der Waals surface area contributed by atoms with Gasteiger partial charge in [0.2, 0.25) is 0 Å². The van der Waals surface area contributed by atoms with Crippen molar-refractivity contribution in [1.29, 1.82) is 0 Å². The molecule has 1 fully saturated rings. The zero-order valence-corrected chi connectivity index (χ0v) is 18.8. The minimum absolute atomic E-state index is 0.112. The summed E-state index contributed by atoms with van der Waals surface area (Å²) in [6.45, 7) is 3.98. The van der Waals surface area contributed by atoms with E-state index in [1.54, 1.807) is 36.7 Å². The van der Waals surface area contributed by atoms with E-state index in [9.17, 15) is 8.42 Å². The van der Waals surface area contributed by atoms with Crippen molar-refractivity contribution in [3.63, 3.8) is 0 Å². The van der Waals surface area contributed by atoms with E-state index in [1.165, 1.54) is 12.8 Å². The number of aromatic nitrogens is 3. The lowest BCUT2D eigenvalue weighted by Crippen LogP contribution is -2.36. The van der Waals surface area contributed by atoms with E-state index in [0.717, 1.165) is 54.5 Å². The van der Waals surface area contributed by atoms with Crippen LogP contribution in [0, 0.1) is 0 Å². The first kappa shape index (κ1) is 21.0. The van der Waals surface area contributed by atoms with E-state index in [-0.39, 0.29) is 5.75 Å². The number of benzene rings is 1. The fourth-order valence-electron chi connectivity index (χ4n) is 4.46. The van der Waals surface area contributed by atoms with Crippen molar-refractivity contribution in [2.45, 2.75) is 30.7 Å². The maximum Gasteiger partial charge on any atom is 0.179 e. The molecule has 0 spiro atoms. The van der Waals surface area contributed by atoms with Gasteiger partial charge in [0.1, 0.15) is 5.82 Å². The molecule has 2 aliphatic rings. The summed E-state index contributed by atoms with van der Waals surface area (Å²) >= 11 is 0. The summed E-state index contributed by atoms with van der Waals surface area (Å²) in [7, 11) is -3.29. The van der Waals surface area contributed by atoms with Crippen LogP contribution < -0.4 is 4.90 Å². The van der Waals surface area contributed by atoms with Crippen LogP contribution >= 0.6 is 0 Å². The molecule has 0 saturated carbocycles. The summed E-state index contributed by atoms with van der Waals surface area (Å²) < 4.78 is 25.5. The number of hydrogen-bond donors (Lipinski definition) is 0. The highest BCUT2D eigenvalue weighted by atomic mass is 32.2. The second-order valence-corrected chi connectivity index (χ2v) is 10.5. The third kappa shape index (κ3) is 4.38. The average molecular weight is 450 g/mol. The Morgan fingerprint density at radius 2 is 1.66 bits per heavy atom. The normalized spacial score (nSPS) is 16.8. The third-order valence-electron chi connectivity index (χ3n) is 6.24. The molecular formula is C24H27N5O2S. The Morgan fingerprint density at radius 3 is 2.41 bits per heavy atom. The van der Waals surface area contributed by atoms with Gasteiger partial charge in [-0.3, -0.25) is 9.88 Å². The Labute approximate surface area is 189 Å². The largest absolute Gasteiger partial charge is 0.356 e. The lowest BCUT2D eigenvalue weighted by atomic mass is 10.0. The number of hydrogen-bond acceptors (Lipinski definition) is 7.